The summed E-state index contributed by atoms with van der Waals surface area (Å²) < 4.78 is 41.0. The van der Waals surface area contributed by atoms with E-state index in [1.165, 1.54) is 28.9 Å². The summed E-state index contributed by atoms with van der Waals surface area (Å²) in [5.41, 5.74) is -0.216. The molecule has 0 spiro atoms. The number of nitrogens with zero attached hydrogens (tertiary/aromatic N) is 3. The molecule has 0 aliphatic carbocycles. The van der Waals surface area contributed by atoms with E-state index in [-0.39, 0.29) is 17.6 Å². The van der Waals surface area contributed by atoms with Crippen molar-refractivity contribution in [3.63, 3.8) is 0 Å². The molecule has 0 unspecified atom stereocenters. The van der Waals surface area contributed by atoms with Gasteiger partial charge in [-0.25, -0.2) is 9.97 Å². The van der Waals surface area contributed by atoms with Crippen LogP contribution in [0.4, 0.5) is 19.0 Å². The highest BCUT2D eigenvalue weighted by atomic mass is 19.4. The fourth-order valence-corrected chi connectivity index (χ4v) is 2.34. The highest BCUT2D eigenvalue weighted by molar-refractivity contribution is 5.85. The predicted molar refractivity (Wildman–Crippen MR) is 75.7 cm³/mol. The molecule has 0 fully saturated rings. The second-order valence-corrected chi connectivity index (χ2v) is 4.76. The predicted octanol–water partition coefficient (Wildman–Crippen LogP) is 2.70. The van der Waals surface area contributed by atoms with Crippen molar-refractivity contribution >= 4 is 22.5 Å². The van der Waals surface area contributed by atoms with Gasteiger partial charge in [0.05, 0.1) is 16.6 Å². The van der Waals surface area contributed by atoms with E-state index in [0.29, 0.717) is 24.4 Å². The lowest BCUT2D eigenvalue weighted by Crippen LogP contribution is -2.11. The van der Waals surface area contributed by atoms with E-state index in [9.17, 15) is 13.2 Å². The number of rotatable bonds is 4. The van der Waals surface area contributed by atoms with Gasteiger partial charge in [-0.3, -0.25) is 4.40 Å². The molecule has 0 atom stereocenters. The van der Waals surface area contributed by atoms with Gasteiger partial charge in [0.25, 0.3) is 0 Å². The first-order chi connectivity index (χ1) is 10.5. The monoisotopic (exact) mass is 310 g/mol. The van der Waals surface area contributed by atoms with Crippen LogP contribution in [0.15, 0.2) is 30.6 Å². The van der Waals surface area contributed by atoms with Crippen LogP contribution in [-0.4, -0.2) is 32.6 Å². The molecule has 3 aromatic rings. The SMILES string of the molecule is OCCCNc1nc2cccc(C(F)(F)F)c2n2ccnc12. The van der Waals surface area contributed by atoms with Gasteiger partial charge in [0.1, 0.15) is 0 Å². The van der Waals surface area contributed by atoms with E-state index in [1.807, 2.05) is 0 Å². The average Bonchev–Trinajstić information content (AvgIpc) is 2.95. The number of fused-ring (bicyclic) bond motifs is 3. The van der Waals surface area contributed by atoms with Crippen LogP contribution in [0.25, 0.3) is 16.7 Å². The highest BCUT2D eigenvalue weighted by Gasteiger charge is 2.34. The summed E-state index contributed by atoms with van der Waals surface area (Å²) in [4.78, 5) is 8.32. The largest absolute Gasteiger partial charge is 0.418 e. The summed E-state index contributed by atoms with van der Waals surface area (Å²) in [7, 11) is 0. The fourth-order valence-electron chi connectivity index (χ4n) is 2.34. The Morgan fingerprint density at radius 2 is 2.09 bits per heavy atom. The van der Waals surface area contributed by atoms with Crippen LogP contribution in [0, 0.1) is 0 Å². The number of para-hydroxylation sites is 1. The normalized spacial score (nSPS) is 12.2. The van der Waals surface area contributed by atoms with Gasteiger partial charge in [0.15, 0.2) is 11.5 Å². The molecule has 2 N–H and O–H groups in total. The van der Waals surface area contributed by atoms with Crippen molar-refractivity contribution < 1.29 is 18.3 Å². The van der Waals surface area contributed by atoms with Gasteiger partial charge < -0.3 is 10.4 Å². The van der Waals surface area contributed by atoms with Gasteiger partial charge in [-0.15, -0.1) is 0 Å². The van der Waals surface area contributed by atoms with E-state index in [0.717, 1.165) is 6.07 Å². The quantitative estimate of drug-likeness (QED) is 0.727. The van der Waals surface area contributed by atoms with Crippen molar-refractivity contribution in [1.82, 2.24) is 14.4 Å². The first kappa shape index (κ1) is 14.6. The van der Waals surface area contributed by atoms with Crippen LogP contribution in [-0.2, 0) is 6.18 Å². The van der Waals surface area contributed by atoms with E-state index in [4.69, 9.17) is 5.11 Å². The average molecular weight is 310 g/mol. The maximum absolute atomic E-state index is 13.2. The van der Waals surface area contributed by atoms with Crippen LogP contribution in [0.5, 0.6) is 0 Å². The summed E-state index contributed by atoms with van der Waals surface area (Å²) in [6.45, 7) is 0.472. The second kappa shape index (κ2) is 5.45. The first-order valence-corrected chi connectivity index (χ1v) is 6.70. The fraction of sp³-hybridized carbons (Fsp3) is 0.286. The van der Waals surface area contributed by atoms with Crippen LogP contribution >= 0.6 is 0 Å². The zero-order valence-corrected chi connectivity index (χ0v) is 11.4. The van der Waals surface area contributed by atoms with E-state index < -0.39 is 11.7 Å². The Labute approximate surface area is 123 Å². The first-order valence-electron chi connectivity index (χ1n) is 6.70. The van der Waals surface area contributed by atoms with Gasteiger partial charge in [-0.05, 0) is 18.6 Å². The smallest absolute Gasteiger partial charge is 0.396 e. The number of aliphatic hydroxyl groups excluding tert-OH is 1. The molecule has 5 nitrogen and oxygen atoms in total. The molecule has 1 aromatic carbocycles. The highest BCUT2D eigenvalue weighted by Crippen LogP contribution is 2.35. The zero-order valence-electron chi connectivity index (χ0n) is 11.4. The maximum Gasteiger partial charge on any atom is 0.418 e. The second-order valence-electron chi connectivity index (χ2n) is 4.76. The number of halogens is 3. The summed E-state index contributed by atoms with van der Waals surface area (Å²) in [6, 6.07) is 3.89. The Morgan fingerprint density at radius 3 is 2.82 bits per heavy atom. The Bertz CT molecular complexity index is 813. The molecule has 3 rings (SSSR count). The Balaban J connectivity index is 2.23. The molecule has 0 saturated carbocycles. The number of aliphatic hydroxyl groups is 1. The Hall–Kier alpha value is -2.35. The van der Waals surface area contributed by atoms with Crippen molar-refractivity contribution in [1.29, 1.82) is 0 Å². The van der Waals surface area contributed by atoms with Crippen molar-refractivity contribution in [2.75, 3.05) is 18.5 Å². The number of benzene rings is 1. The maximum atomic E-state index is 13.2. The number of anilines is 1. The van der Waals surface area contributed by atoms with Crippen molar-refractivity contribution in [2.45, 2.75) is 12.6 Å². The van der Waals surface area contributed by atoms with Crippen LogP contribution in [0.2, 0.25) is 0 Å². The molecule has 0 aliphatic rings. The van der Waals surface area contributed by atoms with E-state index >= 15 is 0 Å². The van der Waals surface area contributed by atoms with Gasteiger partial charge in [-0.1, -0.05) is 6.07 Å². The van der Waals surface area contributed by atoms with Crippen LogP contribution in [0.1, 0.15) is 12.0 Å². The molecule has 22 heavy (non-hydrogen) atoms. The molecule has 0 radical (unpaired) electrons. The molecule has 0 bridgehead atoms. The van der Waals surface area contributed by atoms with Gasteiger partial charge in [0.2, 0.25) is 0 Å². The minimum Gasteiger partial charge on any atom is -0.396 e. The number of hydrogen-bond donors (Lipinski definition) is 2. The van der Waals surface area contributed by atoms with E-state index in [1.54, 1.807) is 0 Å². The number of aromatic nitrogens is 3. The van der Waals surface area contributed by atoms with Gasteiger partial charge in [0, 0.05) is 25.5 Å². The summed E-state index contributed by atoms with van der Waals surface area (Å²) in [5, 5.41) is 11.8. The molecule has 0 saturated heterocycles. The topological polar surface area (TPSA) is 62.5 Å². The molecule has 116 valence electrons. The molecule has 8 heteroatoms. The molecule has 0 aliphatic heterocycles. The minimum absolute atomic E-state index is 0.0174. The molecular formula is C14H13F3N4O. The third kappa shape index (κ3) is 2.45. The van der Waals surface area contributed by atoms with Crippen molar-refractivity contribution in [3.05, 3.63) is 36.2 Å². The van der Waals surface area contributed by atoms with Crippen LogP contribution in [0.3, 0.4) is 0 Å². The van der Waals surface area contributed by atoms with Gasteiger partial charge in [-0.2, -0.15) is 13.2 Å². The van der Waals surface area contributed by atoms with Gasteiger partial charge >= 0.3 is 6.18 Å². The third-order valence-corrected chi connectivity index (χ3v) is 3.27. The summed E-state index contributed by atoms with van der Waals surface area (Å²) in [6.07, 6.45) is -1.05. The molecule has 2 aromatic heterocycles. The number of hydrogen-bond acceptors (Lipinski definition) is 4. The summed E-state index contributed by atoms with van der Waals surface area (Å²) in [5.74, 6) is 0.394. The lowest BCUT2D eigenvalue weighted by atomic mass is 10.1. The minimum atomic E-state index is -4.47. The molecular weight excluding hydrogens is 297 g/mol. The number of alkyl halides is 3. The lowest BCUT2D eigenvalue weighted by Gasteiger charge is -2.14. The Morgan fingerprint density at radius 1 is 1.27 bits per heavy atom. The summed E-state index contributed by atoms with van der Waals surface area (Å²) >= 11 is 0. The van der Waals surface area contributed by atoms with Crippen LogP contribution < -0.4 is 5.32 Å². The van der Waals surface area contributed by atoms with Crippen molar-refractivity contribution in [3.8, 4) is 0 Å². The van der Waals surface area contributed by atoms with E-state index in [2.05, 4.69) is 15.3 Å². The number of nitrogens with one attached hydrogen (secondary N) is 1. The molecule has 0 amide bonds. The Kier molecular flexibility index (Phi) is 3.61. The molecule has 2 heterocycles. The zero-order chi connectivity index (χ0) is 15.7. The number of imidazole rings is 1. The van der Waals surface area contributed by atoms with Crippen molar-refractivity contribution in [2.24, 2.45) is 0 Å². The third-order valence-electron chi connectivity index (χ3n) is 3.27. The lowest BCUT2D eigenvalue weighted by molar-refractivity contribution is -0.136. The standard InChI is InChI=1S/C14H13F3N4O/c15-14(16,17)9-3-1-4-10-11(9)21-7-6-19-13(21)12(20-10)18-5-2-8-22/h1,3-4,6-7,22H,2,5,8H2,(H,18,20).